The van der Waals surface area contributed by atoms with Crippen molar-refractivity contribution in [3.05, 3.63) is 90.3 Å². The summed E-state index contributed by atoms with van der Waals surface area (Å²) in [5.74, 6) is -2.44. The number of hydrogen-bond acceptors (Lipinski definition) is 3. The van der Waals surface area contributed by atoms with E-state index in [9.17, 15) is 13.2 Å². The second-order valence-corrected chi connectivity index (χ2v) is 7.48. The zero-order chi connectivity index (χ0) is 22.7. The molecule has 0 aliphatic carbocycles. The molecule has 1 aliphatic rings. The topological polar surface area (TPSA) is 27.7 Å². The highest BCUT2D eigenvalue weighted by molar-refractivity contribution is 5.71. The summed E-state index contributed by atoms with van der Waals surface area (Å²) in [7, 11) is 0. The average Bonchev–Trinajstić information content (AvgIpc) is 2.82. The molecule has 3 aromatic rings. The van der Waals surface area contributed by atoms with Crippen LogP contribution in [0.2, 0.25) is 0 Å². The summed E-state index contributed by atoms with van der Waals surface area (Å²) >= 11 is 0. The summed E-state index contributed by atoms with van der Waals surface area (Å²) in [4.78, 5) is 0. The average molecular weight is 440 g/mol. The van der Waals surface area contributed by atoms with Crippen molar-refractivity contribution >= 4 is 0 Å². The van der Waals surface area contributed by atoms with Crippen LogP contribution in [0.25, 0.3) is 22.3 Å². The molecule has 0 aromatic heterocycles. The number of hydrogen-bond donors (Lipinski definition) is 0. The second-order valence-electron chi connectivity index (χ2n) is 7.48. The van der Waals surface area contributed by atoms with Gasteiger partial charge in [-0.15, -0.1) is 6.58 Å². The Hall–Kier alpha value is -3.09. The first-order chi connectivity index (χ1) is 15.5. The van der Waals surface area contributed by atoms with Gasteiger partial charge in [-0.2, -0.15) is 4.39 Å². The standard InChI is InChI=1S/C26H23F3O3/c1-3-16-14-31-26(32-15-16)21-10-9-19(13-22(21)27)17-5-7-18(8-6-17)20-11-12-23(30-4-2)25(29)24(20)28/h3,5-13,16,26H,1,4,14-15H2,2H3. The van der Waals surface area contributed by atoms with Crippen molar-refractivity contribution in [3.63, 3.8) is 0 Å². The van der Waals surface area contributed by atoms with Crippen molar-refractivity contribution in [2.45, 2.75) is 13.2 Å². The normalized spacial score (nSPS) is 18.4. The number of benzene rings is 3. The molecule has 1 aliphatic heterocycles. The maximum atomic E-state index is 14.8. The Balaban J connectivity index is 1.54. The van der Waals surface area contributed by atoms with Gasteiger partial charge < -0.3 is 14.2 Å². The van der Waals surface area contributed by atoms with Gasteiger partial charge >= 0.3 is 0 Å². The van der Waals surface area contributed by atoms with E-state index in [4.69, 9.17) is 14.2 Å². The van der Waals surface area contributed by atoms with Crippen LogP contribution < -0.4 is 4.74 Å². The van der Waals surface area contributed by atoms with Gasteiger partial charge in [-0.05, 0) is 41.8 Å². The molecule has 1 fully saturated rings. The zero-order valence-corrected chi connectivity index (χ0v) is 17.6. The van der Waals surface area contributed by atoms with E-state index in [1.807, 2.05) is 0 Å². The van der Waals surface area contributed by atoms with E-state index in [-0.39, 0.29) is 23.8 Å². The van der Waals surface area contributed by atoms with Crippen LogP contribution in [0.3, 0.4) is 0 Å². The van der Waals surface area contributed by atoms with Gasteiger partial charge in [0.2, 0.25) is 5.82 Å². The molecule has 4 rings (SSSR count). The Morgan fingerprint density at radius 3 is 2.19 bits per heavy atom. The lowest BCUT2D eigenvalue weighted by molar-refractivity contribution is -0.198. The molecule has 0 saturated carbocycles. The first kappa shape index (κ1) is 22.1. The molecule has 0 amide bonds. The van der Waals surface area contributed by atoms with Crippen molar-refractivity contribution in [1.29, 1.82) is 0 Å². The molecule has 166 valence electrons. The fourth-order valence-corrected chi connectivity index (χ4v) is 3.60. The molecule has 0 unspecified atom stereocenters. The van der Waals surface area contributed by atoms with Crippen LogP contribution in [0.1, 0.15) is 18.8 Å². The third-order valence-electron chi connectivity index (χ3n) is 5.39. The number of halogens is 3. The fourth-order valence-electron chi connectivity index (χ4n) is 3.60. The van der Waals surface area contributed by atoms with Gasteiger partial charge in [0.1, 0.15) is 5.82 Å². The van der Waals surface area contributed by atoms with Gasteiger partial charge in [0, 0.05) is 17.0 Å². The van der Waals surface area contributed by atoms with Crippen LogP contribution >= 0.6 is 0 Å². The quantitative estimate of drug-likeness (QED) is 0.400. The largest absolute Gasteiger partial charge is 0.491 e. The van der Waals surface area contributed by atoms with E-state index in [1.165, 1.54) is 18.2 Å². The third-order valence-corrected chi connectivity index (χ3v) is 5.39. The molecule has 1 heterocycles. The van der Waals surface area contributed by atoms with Crippen LogP contribution in [0.5, 0.6) is 5.75 Å². The monoisotopic (exact) mass is 440 g/mol. The fraction of sp³-hybridized carbons (Fsp3) is 0.231. The minimum absolute atomic E-state index is 0.0979. The Labute approximate surface area is 185 Å². The molecule has 0 N–H and O–H groups in total. The maximum absolute atomic E-state index is 14.8. The van der Waals surface area contributed by atoms with Crippen molar-refractivity contribution in [2.75, 3.05) is 19.8 Å². The van der Waals surface area contributed by atoms with Crippen molar-refractivity contribution in [2.24, 2.45) is 5.92 Å². The van der Waals surface area contributed by atoms with Gasteiger partial charge in [-0.3, -0.25) is 0 Å². The lowest BCUT2D eigenvalue weighted by Gasteiger charge is -2.28. The van der Waals surface area contributed by atoms with Gasteiger partial charge in [0.25, 0.3) is 0 Å². The van der Waals surface area contributed by atoms with Gasteiger partial charge in [-0.1, -0.05) is 42.5 Å². The summed E-state index contributed by atoms with van der Waals surface area (Å²) in [6, 6.07) is 14.5. The highest BCUT2D eigenvalue weighted by Gasteiger charge is 2.24. The summed E-state index contributed by atoms with van der Waals surface area (Å²) in [6.45, 7) is 6.52. The molecule has 0 radical (unpaired) electrons. The second kappa shape index (κ2) is 9.59. The zero-order valence-electron chi connectivity index (χ0n) is 17.6. The predicted octanol–water partition coefficient (Wildman–Crippen LogP) is 6.68. The van der Waals surface area contributed by atoms with E-state index < -0.39 is 23.7 Å². The summed E-state index contributed by atoms with van der Waals surface area (Å²) in [5, 5.41) is 0. The minimum Gasteiger partial charge on any atom is -0.491 e. The molecule has 0 spiro atoms. The third kappa shape index (κ3) is 4.42. The molecule has 1 saturated heterocycles. The first-order valence-corrected chi connectivity index (χ1v) is 10.4. The van der Waals surface area contributed by atoms with Crippen LogP contribution in [0.4, 0.5) is 13.2 Å². The van der Waals surface area contributed by atoms with Crippen LogP contribution in [0.15, 0.2) is 67.3 Å². The van der Waals surface area contributed by atoms with Crippen molar-refractivity contribution in [3.8, 4) is 28.0 Å². The Bertz CT molecular complexity index is 1100. The van der Waals surface area contributed by atoms with Crippen molar-refractivity contribution in [1.82, 2.24) is 0 Å². The molecule has 3 nitrogen and oxygen atoms in total. The molecule has 0 bridgehead atoms. The molecular weight excluding hydrogens is 417 g/mol. The van der Waals surface area contributed by atoms with Gasteiger partial charge in [-0.25, -0.2) is 8.78 Å². The number of ether oxygens (including phenoxy) is 3. The highest BCUT2D eigenvalue weighted by atomic mass is 19.2. The van der Waals surface area contributed by atoms with E-state index in [0.29, 0.717) is 29.9 Å². The van der Waals surface area contributed by atoms with E-state index in [0.717, 1.165) is 5.56 Å². The highest BCUT2D eigenvalue weighted by Crippen LogP contribution is 2.33. The lowest BCUT2D eigenvalue weighted by Crippen LogP contribution is -2.26. The van der Waals surface area contributed by atoms with Crippen LogP contribution in [0, 0.1) is 23.4 Å². The molecule has 32 heavy (non-hydrogen) atoms. The molecule has 3 aromatic carbocycles. The van der Waals surface area contributed by atoms with Crippen LogP contribution in [-0.2, 0) is 9.47 Å². The molecule has 0 atom stereocenters. The maximum Gasteiger partial charge on any atom is 0.201 e. The smallest absolute Gasteiger partial charge is 0.201 e. The SMILES string of the molecule is C=CC1COC(c2ccc(-c3ccc(-c4ccc(OCC)c(F)c4F)cc3)cc2F)OC1. The van der Waals surface area contributed by atoms with Crippen molar-refractivity contribution < 1.29 is 27.4 Å². The van der Waals surface area contributed by atoms with E-state index in [2.05, 4.69) is 6.58 Å². The summed E-state index contributed by atoms with van der Waals surface area (Å²) < 4.78 is 59.7. The Morgan fingerprint density at radius 1 is 0.906 bits per heavy atom. The first-order valence-electron chi connectivity index (χ1n) is 10.4. The van der Waals surface area contributed by atoms with E-state index >= 15 is 0 Å². The van der Waals surface area contributed by atoms with Crippen LogP contribution in [-0.4, -0.2) is 19.8 Å². The molecule has 6 heteroatoms. The summed E-state index contributed by atoms with van der Waals surface area (Å²) in [5.41, 5.74) is 2.36. The Kier molecular flexibility index (Phi) is 6.63. The van der Waals surface area contributed by atoms with Gasteiger partial charge in [0.05, 0.1) is 19.8 Å². The summed E-state index contributed by atoms with van der Waals surface area (Å²) in [6.07, 6.45) is 1.01. The Morgan fingerprint density at radius 2 is 1.56 bits per heavy atom. The molecular formula is C26H23F3O3. The van der Waals surface area contributed by atoms with E-state index in [1.54, 1.807) is 49.4 Å². The lowest BCUT2D eigenvalue weighted by atomic mass is 9.98. The van der Waals surface area contributed by atoms with Gasteiger partial charge in [0.15, 0.2) is 17.9 Å². The predicted molar refractivity (Wildman–Crippen MR) is 117 cm³/mol. The minimum atomic E-state index is -1.02. The number of rotatable bonds is 6.